The Balaban J connectivity index is 1.13. The number of nitrogens with zero attached hydrogens (tertiary/aromatic N) is 4. The third-order valence-electron chi connectivity index (χ3n) is 10.4. The molecule has 0 saturated heterocycles. The molecule has 4 heteroatoms. The fourth-order valence-electron chi connectivity index (χ4n) is 8.15. The Kier molecular flexibility index (Phi) is 5.92. The van der Waals surface area contributed by atoms with E-state index >= 15 is 0 Å². The molecule has 0 saturated carbocycles. The molecule has 1 aliphatic carbocycles. The van der Waals surface area contributed by atoms with Gasteiger partial charge in [-0.15, -0.1) is 0 Å². The highest BCUT2D eigenvalue weighted by atomic mass is 15.0. The fourth-order valence-corrected chi connectivity index (χ4v) is 8.15. The molecule has 0 fully saturated rings. The van der Waals surface area contributed by atoms with Crippen LogP contribution in [0.15, 0.2) is 170 Å². The molecule has 11 rings (SSSR count). The molecule has 2 aromatic heterocycles. The molecule has 0 aliphatic heterocycles. The van der Waals surface area contributed by atoms with E-state index in [-0.39, 0.29) is 0 Å². The zero-order chi connectivity index (χ0) is 33.5. The van der Waals surface area contributed by atoms with Gasteiger partial charge in [-0.2, -0.15) is 0 Å². The third kappa shape index (κ3) is 4.17. The molecule has 0 amide bonds. The van der Waals surface area contributed by atoms with E-state index in [1.165, 1.54) is 54.7 Å². The van der Waals surface area contributed by atoms with Crippen LogP contribution >= 0.6 is 0 Å². The van der Waals surface area contributed by atoms with Crippen LogP contribution in [-0.2, 0) is 0 Å². The number of rotatable bonds is 4. The highest BCUT2D eigenvalue weighted by Crippen LogP contribution is 2.49. The van der Waals surface area contributed by atoms with Gasteiger partial charge in [0, 0.05) is 33.2 Å². The van der Waals surface area contributed by atoms with Gasteiger partial charge in [-0.05, 0) is 74.1 Å². The molecule has 0 spiro atoms. The van der Waals surface area contributed by atoms with Crippen LogP contribution in [0.4, 0.5) is 0 Å². The van der Waals surface area contributed by atoms with E-state index in [1.54, 1.807) is 0 Å². The Bertz CT molecular complexity index is 3000. The maximum atomic E-state index is 5.23. The minimum absolute atomic E-state index is 0.637. The maximum Gasteiger partial charge on any atom is 0.164 e. The summed E-state index contributed by atoms with van der Waals surface area (Å²) in [6.07, 6.45) is 0. The van der Waals surface area contributed by atoms with Gasteiger partial charge in [0.2, 0.25) is 0 Å². The van der Waals surface area contributed by atoms with Crippen LogP contribution in [0.5, 0.6) is 0 Å². The van der Waals surface area contributed by atoms with E-state index < -0.39 is 0 Å². The van der Waals surface area contributed by atoms with Crippen molar-refractivity contribution in [2.75, 3.05) is 0 Å². The Morgan fingerprint density at radius 3 is 1.80 bits per heavy atom. The summed E-state index contributed by atoms with van der Waals surface area (Å²) in [4.78, 5) is 15.5. The van der Waals surface area contributed by atoms with E-state index in [2.05, 4.69) is 156 Å². The second-order valence-corrected chi connectivity index (χ2v) is 13.2. The molecule has 10 aromatic rings. The van der Waals surface area contributed by atoms with Gasteiger partial charge in [0.1, 0.15) is 0 Å². The molecule has 236 valence electrons. The van der Waals surface area contributed by atoms with E-state index in [9.17, 15) is 0 Å². The number of benzene rings is 8. The zero-order valence-corrected chi connectivity index (χ0v) is 27.5. The second kappa shape index (κ2) is 10.8. The van der Waals surface area contributed by atoms with Crippen molar-refractivity contribution in [1.29, 1.82) is 0 Å². The van der Waals surface area contributed by atoms with Crippen molar-refractivity contribution in [2.24, 2.45) is 0 Å². The predicted molar refractivity (Wildman–Crippen MR) is 210 cm³/mol. The lowest BCUT2D eigenvalue weighted by molar-refractivity contribution is 1.07. The summed E-state index contributed by atoms with van der Waals surface area (Å²) >= 11 is 0. The van der Waals surface area contributed by atoms with Crippen LogP contribution in [0.3, 0.4) is 0 Å². The van der Waals surface area contributed by atoms with E-state index in [1.807, 2.05) is 18.2 Å². The van der Waals surface area contributed by atoms with Gasteiger partial charge in [-0.3, -0.25) is 0 Å². The van der Waals surface area contributed by atoms with Crippen LogP contribution < -0.4 is 0 Å². The van der Waals surface area contributed by atoms with Gasteiger partial charge in [0.05, 0.1) is 11.0 Å². The van der Waals surface area contributed by atoms with Crippen molar-refractivity contribution in [3.05, 3.63) is 170 Å². The first-order valence-corrected chi connectivity index (χ1v) is 17.3. The summed E-state index contributed by atoms with van der Waals surface area (Å²) in [5, 5.41) is 7.38. The van der Waals surface area contributed by atoms with Crippen LogP contribution in [0.25, 0.3) is 105 Å². The molecule has 8 aromatic carbocycles. The number of aromatic nitrogens is 4. The lowest BCUT2D eigenvalue weighted by atomic mass is 9.98. The number of hydrogen-bond acceptors (Lipinski definition) is 3. The average molecular weight is 649 g/mol. The fraction of sp³-hybridized carbons (Fsp3) is 0. The molecule has 0 N–H and O–H groups in total. The van der Waals surface area contributed by atoms with Crippen molar-refractivity contribution < 1.29 is 0 Å². The highest BCUT2D eigenvalue weighted by molar-refractivity contribution is 6.21. The molecule has 0 atom stereocenters. The Morgan fingerprint density at radius 1 is 0.333 bits per heavy atom. The standard InChI is InChI=1S/C47H28N4/c1-2-13-30(14-3-1)45-48-46(50-47(49-45)39-26-25-38-35-19-7-6-18-34(35)36-21-11-22-37(39)43(36)38)31-15-10-16-32(28-31)51-41-23-9-8-20-40(41)44-33-17-5-4-12-29(33)24-27-42(44)51/h1-28H. The molecule has 0 unspecified atom stereocenters. The molecule has 2 heterocycles. The predicted octanol–water partition coefficient (Wildman–Crippen LogP) is 11.9. The minimum atomic E-state index is 0.637. The topological polar surface area (TPSA) is 43.6 Å². The molecule has 51 heavy (non-hydrogen) atoms. The summed E-state index contributed by atoms with van der Waals surface area (Å²) in [5.41, 5.74) is 11.3. The Hall–Kier alpha value is -6.91. The van der Waals surface area contributed by atoms with Crippen molar-refractivity contribution >= 4 is 43.4 Å². The average Bonchev–Trinajstić information content (AvgIpc) is 3.72. The van der Waals surface area contributed by atoms with Gasteiger partial charge in [0.15, 0.2) is 17.5 Å². The summed E-state index contributed by atoms with van der Waals surface area (Å²) in [6.45, 7) is 0. The Labute approximate surface area is 294 Å². The van der Waals surface area contributed by atoms with Crippen molar-refractivity contribution in [2.45, 2.75) is 0 Å². The highest BCUT2D eigenvalue weighted by Gasteiger charge is 2.24. The second-order valence-electron chi connectivity index (χ2n) is 13.2. The Morgan fingerprint density at radius 2 is 0.941 bits per heavy atom. The number of fused-ring (bicyclic) bond motifs is 8. The lowest BCUT2D eigenvalue weighted by Gasteiger charge is -2.13. The van der Waals surface area contributed by atoms with Crippen LogP contribution in [-0.4, -0.2) is 19.5 Å². The molecule has 0 bridgehead atoms. The molecular weight excluding hydrogens is 621 g/mol. The smallest absolute Gasteiger partial charge is 0.164 e. The first kappa shape index (κ1) is 28.0. The third-order valence-corrected chi connectivity index (χ3v) is 10.4. The quantitative estimate of drug-likeness (QED) is 0.191. The maximum absolute atomic E-state index is 5.23. The van der Waals surface area contributed by atoms with Crippen molar-refractivity contribution in [3.63, 3.8) is 0 Å². The van der Waals surface area contributed by atoms with Crippen LogP contribution in [0.1, 0.15) is 0 Å². The van der Waals surface area contributed by atoms with Gasteiger partial charge in [0.25, 0.3) is 0 Å². The lowest BCUT2D eigenvalue weighted by Crippen LogP contribution is -2.01. The summed E-state index contributed by atoms with van der Waals surface area (Å²) < 4.78 is 2.36. The van der Waals surface area contributed by atoms with Gasteiger partial charge in [-0.25, -0.2) is 15.0 Å². The van der Waals surface area contributed by atoms with E-state index in [0.717, 1.165) is 33.3 Å². The van der Waals surface area contributed by atoms with Gasteiger partial charge in [-0.1, -0.05) is 140 Å². The summed E-state index contributed by atoms with van der Waals surface area (Å²) in [5.74, 6) is 1.95. The molecule has 1 aliphatic rings. The SMILES string of the molecule is c1ccc(-c2nc(-c3cccc(-n4c5ccccc5c5c6ccccc6ccc54)c3)nc(-c3ccc4c5c(cccc35)-c3ccccc3-4)n2)cc1. The summed E-state index contributed by atoms with van der Waals surface area (Å²) in [6, 6.07) is 60.2. The summed E-state index contributed by atoms with van der Waals surface area (Å²) in [7, 11) is 0. The van der Waals surface area contributed by atoms with E-state index in [0.29, 0.717) is 17.5 Å². The first-order chi connectivity index (χ1) is 25.3. The molecular formula is C47H28N4. The zero-order valence-electron chi connectivity index (χ0n) is 27.5. The monoisotopic (exact) mass is 648 g/mol. The molecule has 0 radical (unpaired) electrons. The van der Waals surface area contributed by atoms with Gasteiger partial charge >= 0.3 is 0 Å². The number of hydrogen-bond donors (Lipinski definition) is 0. The largest absolute Gasteiger partial charge is 0.309 e. The first-order valence-electron chi connectivity index (χ1n) is 17.3. The van der Waals surface area contributed by atoms with Crippen molar-refractivity contribution in [3.8, 4) is 62.1 Å². The normalized spacial score (nSPS) is 11.9. The number of para-hydroxylation sites is 1. The van der Waals surface area contributed by atoms with E-state index in [4.69, 9.17) is 15.0 Å². The van der Waals surface area contributed by atoms with Crippen LogP contribution in [0, 0.1) is 0 Å². The van der Waals surface area contributed by atoms with Crippen molar-refractivity contribution in [1.82, 2.24) is 19.5 Å². The molecule has 4 nitrogen and oxygen atoms in total. The minimum Gasteiger partial charge on any atom is -0.309 e. The van der Waals surface area contributed by atoms with Crippen LogP contribution in [0.2, 0.25) is 0 Å². The van der Waals surface area contributed by atoms with Gasteiger partial charge < -0.3 is 4.57 Å².